The number of hydrogen-bond donors (Lipinski definition) is 0. The third-order valence-corrected chi connectivity index (χ3v) is 12.8. The lowest BCUT2D eigenvalue weighted by molar-refractivity contribution is 0.744. The molecule has 5 heteroatoms. The number of thioether (sulfide) groups is 1. The van der Waals surface area contributed by atoms with Crippen LogP contribution in [-0.2, 0) is 0 Å². The van der Waals surface area contributed by atoms with Gasteiger partial charge in [-0.15, -0.1) is 11.8 Å². The quantitative estimate of drug-likeness (QED) is 0.170. The second kappa shape index (κ2) is 13.6. The van der Waals surface area contributed by atoms with Gasteiger partial charge in [-0.1, -0.05) is 170 Å². The van der Waals surface area contributed by atoms with Crippen molar-refractivity contribution in [2.24, 2.45) is 0 Å². The number of hydrogen-bond acceptors (Lipinski definition) is 5. The van der Waals surface area contributed by atoms with Gasteiger partial charge in [0.05, 0.1) is 6.04 Å². The van der Waals surface area contributed by atoms with Gasteiger partial charge >= 0.3 is 0 Å². The molecular formula is C51H36N4S. The van der Waals surface area contributed by atoms with E-state index < -0.39 is 0 Å². The summed E-state index contributed by atoms with van der Waals surface area (Å²) in [4.78, 5) is 19.0. The van der Waals surface area contributed by atoms with Crippen LogP contribution in [0.5, 0.6) is 0 Å². The normalized spacial score (nSPS) is 19.9. The Morgan fingerprint density at radius 3 is 1.82 bits per heavy atom. The fourth-order valence-electron chi connectivity index (χ4n) is 8.83. The van der Waals surface area contributed by atoms with Crippen LogP contribution in [0, 0.1) is 0 Å². The molecule has 266 valence electrons. The van der Waals surface area contributed by atoms with Gasteiger partial charge in [-0.25, -0.2) is 15.0 Å². The molecule has 0 N–H and O–H groups in total. The second-order valence-corrected chi connectivity index (χ2v) is 15.9. The molecule has 0 amide bonds. The van der Waals surface area contributed by atoms with Crippen LogP contribution in [0.15, 0.2) is 199 Å². The van der Waals surface area contributed by atoms with Crippen LogP contribution in [0.4, 0.5) is 11.4 Å². The van der Waals surface area contributed by atoms with E-state index in [9.17, 15) is 0 Å². The maximum atomic E-state index is 5.12. The Bertz CT molecular complexity index is 2680. The molecule has 6 aromatic carbocycles. The fourth-order valence-corrected chi connectivity index (χ4v) is 10.3. The molecule has 0 radical (unpaired) electrons. The van der Waals surface area contributed by atoms with E-state index in [-0.39, 0.29) is 23.1 Å². The molecule has 4 aliphatic rings. The lowest BCUT2D eigenvalue weighted by atomic mass is 9.80. The van der Waals surface area contributed by atoms with Crippen LogP contribution in [0.1, 0.15) is 28.5 Å². The maximum Gasteiger partial charge on any atom is 0.165 e. The monoisotopic (exact) mass is 736 g/mol. The minimum absolute atomic E-state index is 0.211. The molecule has 4 unspecified atom stereocenters. The average molecular weight is 737 g/mol. The summed E-state index contributed by atoms with van der Waals surface area (Å²) in [5, 5.41) is 0.272. The second-order valence-electron chi connectivity index (χ2n) is 14.7. The number of aromatic nitrogens is 3. The first-order valence-corrected chi connectivity index (χ1v) is 20.1. The van der Waals surface area contributed by atoms with Gasteiger partial charge in [0, 0.05) is 50.0 Å². The molecule has 0 spiro atoms. The van der Waals surface area contributed by atoms with Gasteiger partial charge < -0.3 is 4.90 Å². The first kappa shape index (κ1) is 32.8. The first-order valence-electron chi connectivity index (χ1n) is 19.3. The molecule has 0 saturated carbocycles. The van der Waals surface area contributed by atoms with Crippen LogP contribution in [0.2, 0.25) is 0 Å². The van der Waals surface area contributed by atoms with Gasteiger partial charge in [-0.2, -0.15) is 0 Å². The van der Waals surface area contributed by atoms with E-state index in [4.69, 9.17) is 15.0 Å². The zero-order valence-corrected chi connectivity index (χ0v) is 31.3. The van der Waals surface area contributed by atoms with E-state index in [2.05, 4.69) is 163 Å². The Morgan fingerprint density at radius 1 is 0.482 bits per heavy atom. The van der Waals surface area contributed by atoms with Gasteiger partial charge in [-0.3, -0.25) is 0 Å². The van der Waals surface area contributed by atoms with Gasteiger partial charge in [0.15, 0.2) is 17.5 Å². The highest BCUT2D eigenvalue weighted by Gasteiger charge is 2.41. The highest BCUT2D eigenvalue weighted by Crippen LogP contribution is 2.57. The van der Waals surface area contributed by atoms with Gasteiger partial charge in [0.25, 0.3) is 0 Å². The molecule has 2 aliphatic heterocycles. The molecule has 4 atom stereocenters. The molecule has 2 aliphatic carbocycles. The standard InChI is InChI=1S/C51H36N4S/c1-4-14-33(15-5-1)34-26-29-38(30-27-34)55-44-24-11-10-20-40(44)43-32-37(28-31-45(43)55)39-21-13-25-46-47(39)41-22-12-23-42(48(41)56-46)51-53-49(35-16-6-2-7-17-35)52-50(54-51)36-18-8-3-9-19-36/h1-32,40,44,46-47H. The van der Waals surface area contributed by atoms with Crippen LogP contribution >= 0.6 is 11.8 Å². The number of benzene rings is 6. The summed E-state index contributed by atoms with van der Waals surface area (Å²) in [5.41, 5.74) is 13.3. The molecule has 0 fully saturated rings. The van der Waals surface area contributed by atoms with E-state index >= 15 is 0 Å². The van der Waals surface area contributed by atoms with Crippen molar-refractivity contribution in [2.45, 2.75) is 28.0 Å². The highest BCUT2D eigenvalue weighted by molar-refractivity contribution is 8.00. The van der Waals surface area contributed by atoms with Crippen molar-refractivity contribution in [1.82, 2.24) is 15.0 Å². The van der Waals surface area contributed by atoms with Crippen LogP contribution in [-0.4, -0.2) is 26.2 Å². The van der Waals surface area contributed by atoms with E-state index in [1.165, 1.54) is 49.7 Å². The minimum atomic E-state index is 0.211. The first-order chi connectivity index (χ1) is 27.8. The smallest absolute Gasteiger partial charge is 0.165 e. The minimum Gasteiger partial charge on any atom is -0.333 e. The van der Waals surface area contributed by atoms with Crippen LogP contribution in [0.25, 0.3) is 50.9 Å². The van der Waals surface area contributed by atoms with Gasteiger partial charge in [-0.05, 0) is 57.7 Å². The van der Waals surface area contributed by atoms with Crippen LogP contribution < -0.4 is 4.90 Å². The average Bonchev–Trinajstić information content (AvgIpc) is 3.83. The topological polar surface area (TPSA) is 41.9 Å². The lowest BCUT2D eigenvalue weighted by Crippen LogP contribution is -2.28. The highest BCUT2D eigenvalue weighted by atomic mass is 32.2. The summed E-state index contributed by atoms with van der Waals surface area (Å²) < 4.78 is 0. The van der Waals surface area contributed by atoms with Crippen molar-refractivity contribution >= 4 is 28.7 Å². The summed E-state index contributed by atoms with van der Waals surface area (Å²) >= 11 is 1.93. The van der Waals surface area contributed by atoms with Crippen molar-refractivity contribution in [1.29, 1.82) is 0 Å². The Hall–Kier alpha value is -6.56. The predicted octanol–water partition coefficient (Wildman–Crippen LogP) is 12.5. The number of rotatable bonds is 6. The predicted molar refractivity (Wildman–Crippen MR) is 231 cm³/mol. The third kappa shape index (κ3) is 5.58. The van der Waals surface area contributed by atoms with Crippen molar-refractivity contribution in [2.75, 3.05) is 4.90 Å². The summed E-state index contributed by atoms with van der Waals surface area (Å²) in [6, 6.07) is 54.1. The maximum absolute atomic E-state index is 5.12. The number of fused-ring (bicyclic) bond motifs is 6. The van der Waals surface area contributed by atoms with Crippen molar-refractivity contribution in [3.63, 3.8) is 0 Å². The van der Waals surface area contributed by atoms with Gasteiger partial charge in [0.1, 0.15) is 0 Å². The molecule has 4 nitrogen and oxygen atoms in total. The lowest BCUT2D eigenvalue weighted by Gasteiger charge is -2.29. The largest absolute Gasteiger partial charge is 0.333 e. The summed E-state index contributed by atoms with van der Waals surface area (Å²) in [7, 11) is 0. The van der Waals surface area contributed by atoms with E-state index in [1.54, 1.807) is 0 Å². The Kier molecular flexibility index (Phi) is 7.99. The Labute approximate surface area is 331 Å². The number of allylic oxidation sites excluding steroid dienone is 5. The van der Waals surface area contributed by atoms with E-state index in [0.29, 0.717) is 17.5 Å². The van der Waals surface area contributed by atoms with E-state index in [1.807, 2.05) is 48.2 Å². The Morgan fingerprint density at radius 2 is 1.11 bits per heavy atom. The summed E-state index contributed by atoms with van der Waals surface area (Å²) in [6.45, 7) is 0. The molecule has 3 heterocycles. The number of nitrogens with zero attached hydrogens (tertiary/aromatic N) is 4. The molecule has 11 rings (SSSR count). The SMILES string of the molecule is C1=CC2Sc3c(-c4nc(-c5ccccc5)nc(-c5ccccc5)n4)cccc3C2C(c2ccc3c(c2)C2C=CC=CC2N3c2ccc(-c3ccccc3)cc2)=C1. The summed E-state index contributed by atoms with van der Waals surface area (Å²) in [6.07, 6.45) is 16.1. The molecule has 0 saturated heterocycles. The zero-order valence-electron chi connectivity index (χ0n) is 30.5. The van der Waals surface area contributed by atoms with Crippen molar-refractivity contribution in [3.05, 3.63) is 211 Å². The van der Waals surface area contributed by atoms with Gasteiger partial charge in [0.2, 0.25) is 0 Å². The molecular weight excluding hydrogens is 701 g/mol. The number of anilines is 2. The molecule has 56 heavy (non-hydrogen) atoms. The van der Waals surface area contributed by atoms with Crippen LogP contribution in [0.3, 0.4) is 0 Å². The Balaban J connectivity index is 0.968. The fraction of sp³-hybridized carbons (Fsp3) is 0.0784. The summed E-state index contributed by atoms with van der Waals surface area (Å²) in [5.74, 6) is 2.54. The molecule has 1 aromatic heterocycles. The van der Waals surface area contributed by atoms with Crippen molar-refractivity contribution in [3.8, 4) is 45.3 Å². The zero-order chi connectivity index (χ0) is 37.0. The van der Waals surface area contributed by atoms with E-state index in [0.717, 1.165) is 16.7 Å². The third-order valence-electron chi connectivity index (χ3n) is 11.5. The van der Waals surface area contributed by atoms with Crippen molar-refractivity contribution < 1.29 is 0 Å². The molecule has 0 bridgehead atoms. The molecule has 7 aromatic rings.